The van der Waals surface area contributed by atoms with Crippen molar-refractivity contribution in [2.75, 3.05) is 20.6 Å². The maximum Gasteiger partial charge on any atom is 0.273 e. The molecule has 0 aliphatic carbocycles. The van der Waals surface area contributed by atoms with Gasteiger partial charge < -0.3 is 10.2 Å². The minimum absolute atomic E-state index is 0.0915. The molecule has 1 aromatic heterocycles. The summed E-state index contributed by atoms with van der Waals surface area (Å²) in [6.07, 6.45) is 1.81. The summed E-state index contributed by atoms with van der Waals surface area (Å²) in [5.74, 6) is -0.0915. The van der Waals surface area contributed by atoms with Gasteiger partial charge in [-0.3, -0.25) is 4.79 Å². The Morgan fingerprint density at radius 3 is 2.52 bits per heavy atom. The van der Waals surface area contributed by atoms with Crippen LogP contribution in [0, 0.1) is 0 Å². The topological polar surface area (TPSA) is 50.2 Å². The molecule has 5 heteroatoms. The van der Waals surface area contributed by atoms with Crippen LogP contribution in [0.15, 0.2) is 36.5 Å². The molecule has 1 atom stereocenters. The van der Waals surface area contributed by atoms with Gasteiger partial charge in [-0.1, -0.05) is 19.1 Å². The Kier molecular flexibility index (Phi) is 4.75. The second-order valence-corrected chi connectivity index (χ2v) is 5.22. The summed E-state index contributed by atoms with van der Waals surface area (Å²) in [6.45, 7) is 5.18. The molecule has 0 spiro atoms. The van der Waals surface area contributed by atoms with Gasteiger partial charge in [0.2, 0.25) is 0 Å². The first kappa shape index (κ1) is 15.3. The number of amides is 1. The first-order valence-electron chi connectivity index (χ1n) is 7.14. The molecule has 0 aliphatic heterocycles. The normalized spacial score (nSPS) is 12.2. The Balaban J connectivity index is 2.18. The summed E-state index contributed by atoms with van der Waals surface area (Å²) in [6, 6.07) is 10.3. The number of carbonyl (C=O) groups is 1. The third kappa shape index (κ3) is 3.49. The van der Waals surface area contributed by atoms with Gasteiger partial charge in [0.15, 0.2) is 5.69 Å². The monoisotopic (exact) mass is 286 g/mol. The fourth-order valence-electron chi connectivity index (χ4n) is 2.15. The highest BCUT2D eigenvalue weighted by molar-refractivity contribution is 5.91. The van der Waals surface area contributed by atoms with Crippen LogP contribution in [0.25, 0.3) is 5.69 Å². The lowest BCUT2D eigenvalue weighted by molar-refractivity contribution is 0.0821. The molecule has 0 saturated carbocycles. The van der Waals surface area contributed by atoms with Gasteiger partial charge in [-0.2, -0.15) is 5.10 Å². The highest BCUT2D eigenvalue weighted by Crippen LogP contribution is 2.15. The molecule has 1 N–H and O–H groups in total. The van der Waals surface area contributed by atoms with Gasteiger partial charge in [-0.15, -0.1) is 0 Å². The molecule has 0 saturated heterocycles. The zero-order valence-electron chi connectivity index (χ0n) is 13.0. The first-order valence-corrected chi connectivity index (χ1v) is 7.14. The summed E-state index contributed by atoms with van der Waals surface area (Å²) >= 11 is 0. The quantitative estimate of drug-likeness (QED) is 0.917. The van der Waals surface area contributed by atoms with Gasteiger partial charge in [-0.05, 0) is 37.2 Å². The van der Waals surface area contributed by atoms with Crippen LogP contribution in [0.3, 0.4) is 0 Å². The molecule has 2 aromatic rings. The lowest BCUT2D eigenvalue weighted by atomic mass is 10.1. The number of rotatable bonds is 5. The van der Waals surface area contributed by atoms with Crippen LogP contribution >= 0.6 is 0 Å². The van der Waals surface area contributed by atoms with E-state index in [1.165, 1.54) is 10.5 Å². The largest absolute Gasteiger partial charge is 0.343 e. The molecule has 0 radical (unpaired) electrons. The summed E-state index contributed by atoms with van der Waals surface area (Å²) in [7, 11) is 3.44. The van der Waals surface area contributed by atoms with E-state index in [1.807, 2.05) is 12.1 Å². The SMILES string of the molecule is CCNC(C)c1ccc(-n2ccc(C(=O)N(C)C)n2)cc1. The molecule has 1 amide bonds. The van der Waals surface area contributed by atoms with Crippen LogP contribution in [0.4, 0.5) is 0 Å². The van der Waals surface area contributed by atoms with Crippen molar-refractivity contribution in [3.63, 3.8) is 0 Å². The van der Waals surface area contributed by atoms with E-state index in [4.69, 9.17) is 0 Å². The Hall–Kier alpha value is -2.14. The molecule has 5 nitrogen and oxygen atoms in total. The van der Waals surface area contributed by atoms with E-state index in [2.05, 4.69) is 36.4 Å². The lowest BCUT2D eigenvalue weighted by Gasteiger charge is -2.13. The van der Waals surface area contributed by atoms with Crippen LogP contribution in [0.5, 0.6) is 0 Å². The van der Waals surface area contributed by atoms with Crippen LogP contribution < -0.4 is 5.32 Å². The maximum atomic E-state index is 11.8. The standard InChI is InChI=1S/C16H22N4O/c1-5-17-12(2)13-6-8-14(9-7-13)20-11-10-15(18-20)16(21)19(3)4/h6-12,17H,5H2,1-4H3. The van der Waals surface area contributed by atoms with E-state index in [1.54, 1.807) is 31.0 Å². The molecular weight excluding hydrogens is 264 g/mol. The van der Waals surface area contributed by atoms with Gasteiger partial charge in [0.05, 0.1) is 5.69 Å². The molecule has 2 rings (SSSR count). The summed E-state index contributed by atoms with van der Waals surface area (Å²) in [5.41, 5.74) is 2.63. The predicted molar refractivity (Wildman–Crippen MR) is 83.7 cm³/mol. The zero-order valence-corrected chi connectivity index (χ0v) is 13.0. The second kappa shape index (κ2) is 6.54. The summed E-state index contributed by atoms with van der Waals surface area (Å²) in [5, 5.41) is 7.70. The smallest absolute Gasteiger partial charge is 0.273 e. The molecule has 0 fully saturated rings. The van der Waals surface area contributed by atoms with E-state index < -0.39 is 0 Å². The Morgan fingerprint density at radius 2 is 1.95 bits per heavy atom. The predicted octanol–water partition coefficient (Wildman–Crippen LogP) is 2.24. The Morgan fingerprint density at radius 1 is 1.29 bits per heavy atom. The van der Waals surface area contributed by atoms with Gasteiger partial charge >= 0.3 is 0 Å². The zero-order chi connectivity index (χ0) is 15.4. The molecule has 0 aliphatic rings. The number of nitrogens with one attached hydrogen (secondary N) is 1. The van der Waals surface area contributed by atoms with Crippen LogP contribution in [-0.2, 0) is 0 Å². The van der Waals surface area contributed by atoms with Crippen molar-refractivity contribution in [3.05, 3.63) is 47.8 Å². The summed E-state index contributed by atoms with van der Waals surface area (Å²) in [4.78, 5) is 13.4. The Bertz CT molecular complexity index is 601. The molecule has 0 bridgehead atoms. The fraction of sp³-hybridized carbons (Fsp3) is 0.375. The van der Waals surface area contributed by atoms with Crippen molar-refractivity contribution in [2.24, 2.45) is 0 Å². The van der Waals surface area contributed by atoms with Gasteiger partial charge in [0.1, 0.15) is 0 Å². The number of nitrogens with zero attached hydrogens (tertiary/aromatic N) is 3. The minimum Gasteiger partial charge on any atom is -0.343 e. The molecule has 1 heterocycles. The van der Waals surface area contributed by atoms with Crippen molar-refractivity contribution in [1.82, 2.24) is 20.0 Å². The number of hydrogen-bond donors (Lipinski definition) is 1. The van der Waals surface area contributed by atoms with Gasteiger partial charge in [0, 0.05) is 26.3 Å². The molecule has 21 heavy (non-hydrogen) atoms. The third-order valence-electron chi connectivity index (χ3n) is 3.38. The maximum absolute atomic E-state index is 11.8. The van der Waals surface area contributed by atoms with E-state index >= 15 is 0 Å². The Labute approximate surface area is 125 Å². The highest BCUT2D eigenvalue weighted by Gasteiger charge is 2.12. The van der Waals surface area contributed by atoms with Crippen molar-refractivity contribution in [1.29, 1.82) is 0 Å². The fourth-order valence-corrected chi connectivity index (χ4v) is 2.15. The van der Waals surface area contributed by atoms with Crippen molar-refractivity contribution in [2.45, 2.75) is 19.9 Å². The van der Waals surface area contributed by atoms with Crippen LogP contribution in [0.1, 0.15) is 35.9 Å². The van der Waals surface area contributed by atoms with Crippen molar-refractivity contribution < 1.29 is 4.79 Å². The first-order chi connectivity index (χ1) is 10.0. The minimum atomic E-state index is -0.0915. The van der Waals surface area contributed by atoms with Crippen LogP contribution in [-0.4, -0.2) is 41.2 Å². The summed E-state index contributed by atoms with van der Waals surface area (Å²) < 4.78 is 1.72. The highest BCUT2D eigenvalue weighted by atomic mass is 16.2. The van der Waals surface area contributed by atoms with Crippen molar-refractivity contribution in [3.8, 4) is 5.69 Å². The number of hydrogen-bond acceptors (Lipinski definition) is 3. The van der Waals surface area contributed by atoms with Gasteiger partial charge in [-0.25, -0.2) is 4.68 Å². The number of carbonyl (C=O) groups excluding carboxylic acids is 1. The van der Waals surface area contributed by atoms with E-state index in [0.717, 1.165) is 12.2 Å². The van der Waals surface area contributed by atoms with E-state index in [9.17, 15) is 4.79 Å². The van der Waals surface area contributed by atoms with E-state index in [0.29, 0.717) is 11.7 Å². The second-order valence-electron chi connectivity index (χ2n) is 5.22. The average Bonchev–Trinajstić information content (AvgIpc) is 2.96. The van der Waals surface area contributed by atoms with Gasteiger partial charge in [0.25, 0.3) is 5.91 Å². The molecule has 1 aromatic carbocycles. The molecule has 112 valence electrons. The molecule has 1 unspecified atom stereocenters. The third-order valence-corrected chi connectivity index (χ3v) is 3.38. The van der Waals surface area contributed by atoms with Crippen molar-refractivity contribution >= 4 is 5.91 Å². The lowest BCUT2D eigenvalue weighted by Crippen LogP contribution is -2.22. The van der Waals surface area contributed by atoms with E-state index in [-0.39, 0.29) is 5.91 Å². The number of aromatic nitrogens is 2. The number of benzene rings is 1. The molecular formula is C16H22N4O. The van der Waals surface area contributed by atoms with Crippen LogP contribution in [0.2, 0.25) is 0 Å². The average molecular weight is 286 g/mol.